The van der Waals surface area contributed by atoms with Crippen molar-refractivity contribution in [1.82, 2.24) is 4.98 Å². The Labute approximate surface area is 70.0 Å². The van der Waals surface area contributed by atoms with Gasteiger partial charge in [-0.1, -0.05) is 0 Å². The highest BCUT2D eigenvalue weighted by Gasteiger charge is 2.04. The number of nitrogens with two attached hydrogens (primary N) is 1. The summed E-state index contributed by atoms with van der Waals surface area (Å²) in [4.78, 5) is 13.3. The van der Waals surface area contributed by atoms with Crippen molar-refractivity contribution in [2.24, 2.45) is 5.73 Å². The van der Waals surface area contributed by atoms with Crippen molar-refractivity contribution in [3.63, 3.8) is 0 Å². The van der Waals surface area contributed by atoms with Crippen LogP contribution in [0, 0.1) is 0 Å². The van der Waals surface area contributed by atoms with E-state index in [0.717, 1.165) is 5.56 Å². The highest BCUT2D eigenvalue weighted by atomic mass is 16.3. The molecule has 1 atom stereocenters. The second-order valence-electron chi connectivity index (χ2n) is 2.61. The van der Waals surface area contributed by atoms with E-state index in [-0.39, 0.29) is 18.2 Å². The fraction of sp³-hybridized carbons (Fsp3) is 0.375. The molecule has 0 aliphatic rings. The van der Waals surface area contributed by atoms with E-state index in [4.69, 9.17) is 10.8 Å². The lowest BCUT2D eigenvalue weighted by molar-refractivity contribution is 0.276. The zero-order valence-electron chi connectivity index (χ0n) is 6.66. The van der Waals surface area contributed by atoms with Crippen molar-refractivity contribution in [1.29, 1.82) is 0 Å². The molecule has 1 heterocycles. The Balaban J connectivity index is 2.80. The smallest absolute Gasteiger partial charge is 0.248 e. The van der Waals surface area contributed by atoms with E-state index in [2.05, 4.69) is 4.98 Å². The van der Waals surface area contributed by atoms with Gasteiger partial charge in [-0.05, 0) is 18.1 Å². The zero-order chi connectivity index (χ0) is 8.97. The number of rotatable bonds is 3. The maximum atomic E-state index is 10.8. The first-order chi connectivity index (χ1) is 5.74. The second-order valence-corrected chi connectivity index (χ2v) is 2.61. The molecular weight excluding hydrogens is 156 g/mol. The highest BCUT2D eigenvalue weighted by molar-refractivity contribution is 5.14. The number of H-pyrrole nitrogens is 1. The lowest BCUT2D eigenvalue weighted by Crippen LogP contribution is -2.15. The van der Waals surface area contributed by atoms with Crippen molar-refractivity contribution in [2.75, 3.05) is 6.61 Å². The van der Waals surface area contributed by atoms with E-state index in [0.29, 0.717) is 6.42 Å². The third kappa shape index (κ3) is 2.18. The van der Waals surface area contributed by atoms with Gasteiger partial charge in [-0.15, -0.1) is 0 Å². The average molecular weight is 168 g/mol. The Kier molecular flexibility index (Phi) is 3.01. The highest BCUT2D eigenvalue weighted by Crippen LogP contribution is 2.09. The van der Waals surface area contributed by atoms with E-state index >= 15 is 0 Å². The van der Waals surface area contributed by atoms with Gasteiger partial charge in [-0.2, -0.15) is 0 Å². The third-order valence-electron chi connectivity index (χ3n) is 1.67. The number of nitrogens with one attached hydrogen (secondary N) is 1. The topological polar surface area (TPSA) is 79.1 Å². The van der Waals surface area contributed by atoms with Crippen LogP contribution in [-0.4, -0.2) is 16.7 Å². The number of hydrogen-bond donors (Lipinski definition) is 3. The molecule has 0 saturated heterocycles. The standard InChI is InChI=1S/C8H12N2O2/c9-7(2-4-11)6-1-3-10-8(12)5-6/h1,3,5,7,11H,2,4,9H2,(H,10,12). The van der Waals surface area contributed by atoms with Crippen LogP contribution < -0.4 is 11.3 Å². The average Bonchev–Trinajstić information content (AvgIpc) is 2.05. The van der Waals surface area contributed by atoms with Gasteiger partial charge in [-0.3, -0.25) is 4.79 Å². The summed E-state index contributed by atoms with van der Waals surface area (Å²) in [5.41, 5.74) is 6.25. The number of pyridine rings is 1. The molecule has 1 aromatic rings. The predicted octanol–water partition coefficient (Wildman–Crippen LogP) is -0.243. The Morgan fingerprint density at radius 2 is 2.42 bits per heavy atom. The van der Waals surface area contributed by atoms with Crippen molar-refractivity contribution in [2.45, 2.75) is 12.5 Å². The molecular formula is C8H12N2O2. The van der Waals surface area contributed by atoms with Crippen molar-refractivity contribution >= 4 is 0 Å². The number of aromatic amines is 1. The summed E-state index contributed by atoms with van der Waals surface area (Å²) in [6.45, 7) is 0.0357. The summed E-state index contributed by atoms with van der Waals surface area (Å²) >= 11 is 0. The first-order valence-electron chi connectivity index (χ1n) is 3.79. The molecule has 0 saturated carbocycles. The monoisotopic (exact) mass is 168 g/mol. The minimum absolute atomic E-state index is 0.0357. The van der Waals surface area contributed by atoms with E-state index in [1.807, 2.05) is 0 Å². The maximum Gasteiger partial charge on any atom is 0.248 e. The summed E-state index contributed by atoms with van der Waals surface area (Å²) in [5.74, 6) is 0. The normalized spacial score (nSPS) is 12.8. The maximum absolute atomic E-state index is 10.8. The van der Waals surface area contributed by atoms with Crippen LogP contribution in [0.2, 0.25) is 0 Å². The molecule has 0 bridgehead atoms. The lowest BCUT2D eigenvalue weighted by Gasteiger charge is -2.08. The molecule has 66 valence electrons. The van der Waals surface area contributed by atoms with Crippen molar-refractivity contribution in [3.8, 4) is 0 Å². The van der Waals surface area contributed by atoms with E-state index in [9.17, 15) is 4.79 Å². The van der Waals surface area contributed by atoms with Gasteiger partial charge in [0.05, 0.1) is 0 Å². The molecule has 4 N–H and O–H groups in total. The molecule has 0 radical (unpaired) electrons. The molecule has 12 heavy (non-hydrogen) atoms. The summed E-state index contributed by atoms with van der Waals surface area (Å²) in [6.07, 6.45) is 2.03. The van der Waals surface area contributed by atoms with Crippen LogP contribution >= 0.6 is 0 Å². The van der Waals surface area contributed by atoms with Gasteiger partial charge in [0, 0.05) is 24.9 Å². The molecule has 1 rings (SSSR count). The van der Waals surface area contributed by atoms with Gasteiger partial charge in [0.25, 0.3) is 0 Å². The van der Waals surface area contributed by atoms with Gasteiger partial charge >= 0.3 is 0 Å². The minimum Gasteiger partial charge on any atom is -0.396 e. The Morgan fingerprint density at radius 1 is 1.67 bits per heavy atom. The molecule has 1 aromatic heterocycles. The lowest BCUT2D eigenvalue weighted by atomic mass is 10.1. The van der Waals surface area contributed by atoms with Gasteiger partial charge in [-0.25, -0.2) is 0 Å². The van der Waals surface area contributed by atoms with Crippen LogP contribution in [-0.2, 0) is 0 Å². The van der Waals surface area contributed by atoms with Crippen LogP contribution in [0.5, 0.6) is 0 Å². The number of aliphatic hydroxyl groups is 1. The minimum atomic E-state index is -0.253. The molecule has 0 fully saturated rings. The molecule has 0 aliphatic heterocycles. The Morgan fingerprint density at radius 3 is 3.00 bits per heavy atom. The van der Waals surface area contributed by atoms with E-state index in [1.165, 1.54) is 6.07 Å². The molecule has 0 amide bonds. The molecule has 0 aromatic carbocycles. The summed E-state index contributed by atoms with van der Waals surface area (Å²) < 4.78 is 0. The quantitative estimate of drug-likeness (QED) is 0.582. The van der Waals surface area contributed by atoms with Gasteiger partial charge in [0.15, 0.2) is 0 Å². The van der Waals surface area contributed by atoms with Crippen LogP contribution in [0.1, 0.15) is 18.0 Å². The Hall–Kier alpha value is -1.13. The number of aromatic nitrogens is 1. The van der Waals surface area contributed by atoms with Gasteiger partial charge in [0.2, 0.25) is 5.56 Å². The molecule has 1 unspecified atom stereocenters. The number of hydrogen-bond acceptors (Lipinski definition) is 3. The van der Waals surface area contributed by atoms with E-state index in [1.54, 1.807) is 12.3 Å². The largest absolute Gasteiger partial charge is 0.396 e. The SMILES string of the molecule is NC(CCO)c1cc[nH]c(=O)c1. The fourth-order valence-corrected chi connectivity index (χ4v) is 0.998. The first-order valence-corrected chi connectivity index (χ1v) is 3.79. The van der Waals surface area contributed by atoms with Gasteiger partial charge in [0.1, 0.15) is 0 Å². The zero-order valence-corrected chi connectivity index (χ0v) is 6.66. The van der Waals surface area contributed by atoms with Crippen LogP contribution in [0.4, 0.5) is 0 Å². The van der Waals surface area contributed by atoms with Crippen molar-refractivity contribution < 1.29 is 5.11 Å². The predicted molar refractivity (Wildman–Crippen MR) is 45.7 cm³/mol. The van der Waals surface area contributed by atoms with Gasteiger partial charge < -0.3 is 15.8 Å². The molecule has 0 aliphatic carbocycles. The second kappa shape index (κ2) is 4.04. The fourth-order valence-electron chi connectivity index (χ4n) is 0.998. The molecule has 4 heteroatoms. The number of aliphatic hydroxyl groups excluding tert-OH is 1. The van der Waals surface area contributed by atoms with Crippen LogP contribution in [0.25, 0.3) is 0 Å². The molecule has 0 spiro atoms. The summed E-state index contributed by atoms with van der Waals surface area (Å²) in [5, 5.41) is 8.60. The first kappa shape index (κ1) is 8.96. The van der Waals surface area contributed by atoms with Crippen molar-refractivity contribution in [3.05, 3.63) is 34.2 Å². The van der Waals surface area contributed by atoms with Crippen LogP contribution in [0.3, 0.4) is 0 Å². The third-order valence-corrected chi connectivity index (χ3v) is 1.67. The summed E-state index contributed by atoms with van der Waals surface area (Å²) in [7, 11) is 0. The van der Waals surface area contributed by atoms with E-state index < -0.39 is 0 Å². The Bertz CT molecular complexity index is 295. The van der Waals surface area contributed by atoms with Crippen LogP contribution in [0.15, 0.2) is 23.1 Å². The summed E-state index contributed by atoms with van der Waals surface area (Å²) in [6, 6.07) is 2.93. The molecule has 4 nitrogen and oxygen atoms in total.